The third kappa shape index (κ3) is 3.29. The molecule has 1 fully saturated rings. The number of nitrogens with zero attached hydrogens (tertiary/aromatic N) is 2. The van der Waals surface area contributed by atoms with Crippen LogP contribution in [0.15, 0.2) is 29.0 Å². The van der Waals surface area contributed by atoms with Crippen LogP contribution < -0.4 is 5.32 Å². The second-order valence-corrected chi connectivity index (χ2v) is 7.59. The highest BCUT2D eigenvalue weighted by atomic mass is 32.1. The van der Waals surface area contributed by atoms with E-state index in [1.54, 1.807) is 23.3 Å². The van der Waals surface area contributed by atoms with Gasteiger partial charge in [-0.2, -0.15) is 0 Å². The van der Waals surface area contributed by atoms with Crippen LogP contribution in [0.25, 0.3) is 10.8 Å². The van der Waals surface area contributed by atoms with Gasteiger partial charge in [-0.1, -0.05) is 0 Å². The Balaban J connectivity index is 1.65. The van der Waals surface area contributed by atoms with Crippen molar-refractivity contribution in [2.75, 3.05) is 6.54 Å². The predicted molar refractivity (Wildman–Crippen MR) is 87.2 cm³/mol. The first-order valence-corrected chi connectivity index (χ1v) is 8.27. The highest BCUT2D eigenvalue weighted by Gasteiger charge is 2.37. The Kier molecular flexibility index (Phi) is 3.97. The third-order valence-corrected chi connectivity index (χ3v) is 4.74. The van der Waals surface area contributed by atoms with Gasteiger partial charge in [0.1, 0.15) is 4.88 Å². The van der Waals surface area contributed by atoms with Gasteiger partial charge >= 0.3 is 0 Å². The van der Waals surface area contributed by atoms with E-state index in [1.165, 1.54) is 17.5 Å². The van der Waals surface area contributed by atoms with Crippen LogP contribution in [0.4, 0.5) is 0 Å². The van der Waals surface area contributed by atoms with E-state index in [-0.39, 0.29) is 23.4 Å². The first kappa shape index (κ1) is 15.7. The fourth-order valence-corrected chi connectivity index (χ4v) is 3.39. The smallest absolute Gasteiger partial charge is 0.263 e. The molecule has 2 amide bonds. The Morgan fingerprint density at radius 3 is 2.87 bits per heavy atom. The number of hydrogen-bond donors (Lipinski definition) is 1. The summed E-state index contributed by atoms with van der Waals surface area (Å²) in [5, 5.41) is 3.59. The summed E-state index contributed by atoms with van der Waals surface area (Å²) < 4.78 is 5.28. The lowest BCUT2D eigenvalue weighted by Gasteiger charge is -2.32. The van der Waals surface area contributed by atoms with E-state index in [9.17, 15) is 9.59 Å². The van der Waals surface area contributed by atoms with Crippen LogP contribution in [-0.2, 0) is 4.79 Å². The van der Waals surface area contributed by atoms with Crippen molar-refractivity contribution in [3.05, 3.63) is 29.5 Å². The first-order valence-electron chi connectivity index (χ1n) is 7.45. The van der Waals surface area contributed by atoms with Crippen molar-refractivity contribution in [2.24, 2.45) is 0 Å². The number of carbonyl (C=O) groups is 2. The van der Waals surface area contributed by atoms with Crippen LogP contribution in [0.3, 0.4) is 0 Å². The van der Waals surface area contributed by atoms with E-state index in [2.05, 4.69) is 10.3 Å². The van der Waals surface area contributed by atoms with Crippen LogP contribution >= 0.6 is 11.3 Å². The fraction of sp³-hybridized carbons (Fsp3) is 0.438. The van der Waals surface area contributed by atoms with Gasteiger partial charge in [-0.3, -0.25) is 9.59 Å². The highest BCUT2D eigenvalue weighted by molar-refractivity contribution is 7.16. The molecular weight excluding hydrogens is 314 g/mol. The molecule has 1 N–H and O–H groups in total. The summed E-state index contributed by atoms with van der Waals surface area (Å²) >= 11 is 1.27. The van der Waals surface area contributed by atoms with Gasteiger partial charge in [0.15, 0.2) is 10.8 Å². The Morgan fingerprint density at radius 2 is 2.26 bits per heavy atom. The molecule has 2 aromatic rings. The molecule has 2 aromatic heterocycles. The average molecular weight is 333 g/mol. The average Bonchev–Trinajstić information content (AvgIpc) is 3.16. The molecule has 23 heavy (non-hydrogen) atoms. The SMILES string of the molecule is CC(C)(C)N1CC(NC(=O)c2cnc(-c3ccco3)s2)CC1=O. The molecule has 0 bridgehead atoms. The number of furan rings is 1. The summed E-state index contributed by atoms with van der Waals surface area (Å²) in [4.78, 5) is 30.9. The largest absolute Gasteiger partial charge is 0.462 e. The lowest BCUT2D eigenvalue weighted by Crippen LogP contribution is -2.44. The van der Waals surface area contributed by atoms with Gasteiger partial charge in [0.25, 0.3) is 5.91 Å². The molecule has 6 nitrogen and oxygen atoms in total. The summed E-state index contributed by atoms with van der Waals surface area (Å²) in [5.74, 6) is 0.515. The number of aromatic nitrogens is 1. The molecule has 0 aliphatic carbocycles. The standard InChI is InChI=1S/C16H19N3O3S/c1-16(2,3)19-9-10(7-13(19)20)18-14(21)12-8-17-15(23-12)11-5-4-6-22-11/h4-6,8,10H,7,9H2,1-3H3,(H,18,21). The van der Waals surface area contributed by atoms with E-state index in [4.69, 9.17) is 4.42 Å². The van der Waals surface area contributed by atoms with E-state index in [1.807, 2.05) is 20.8 Å². The number of hydrogen-bond acceptors (Lipinski definition) is 5. The lowest BCUT2D eigenvalue weighted by atomic mass is 10.1. The maximum atomic E-state index is 12.3. The normalized spacial score (nSPS) is 18.5. The number of carbonyl (C=O) groups excluding carboxylic acids is 2. The van der Waals surface area contributed by atoms with E-state index in [0.717, 1.165) is 0 Å². The lowest BCUT2D eigenvalue weighted by molar-refractivity contribution is -0.131. The predicted octanol–water partition coefficient (Wildman–Crippen LogP) is 2.53. The first-order chi connectivity index (χ1) is 10.8. The number of amides is 2. The minimum Gasteiger partial charge on any atom is -0.462 e. The van der Waals surface area contributed by atoms with Gasteiger partial charge in [0.2, 0.25) is 5.91 Å². The Labute approximate surface area is 138 Å². The number of nitrogens with one attached hydrogen (secondary N) is 1. The van der Waals surface area contributed by atoms with E-state index in [0.29, 0.717) is 28.6 Å². The number of likely N-dealkylation sites (tertiary alicyclic amines) is 1. The van der Waals surface area contributed by atoms with Crippen molar-refractivity contribution in [2.45, 2.75) is 38.8 Å². The van der Waals surface area contributed by atoms with Gasteiger partial charge in [-0.15, -0.1) is 11.3 Å². The second kappa shape index (κ2) is 5.81. The molecule has 122 valence electrons. The Morgan fingerprint density at radius 1 is 1.48 bits per heavy atom. The monoisotopic (exact) mass is 333 g/mol. The van der Waals surface area contributed by atoms with Crippen molar-refractivity contribution in [3.8, 4) is 10.8 Å². The maximum absolute atomic E-state index is 12.3. The van der Waals surface area contributed by atoms with Crippen molar-refractivity contribution in [1.29, 1.82) is 0 Å². The van der Waals surface area contributed by atoms with Crippen molar-refractivity contribution in [1.82, 2.24) is 15.2 Å². The molecule has 0 spiro atoms. The fourth-order valence-electron chi connectivity index (χ4n) is 2.60. The summed E-state index contributed by atoms with van der Waals surface area (Å²) in [7, 11) is 0. The summed E-state index contributed by atoms with van der Waals surface area (Å²) in [6, 6.07) is 3.42. The Bertz CT molecular complexity index is 715. The van der Waals surface area contributed by atoms with Crippen LogP contribution in [0.5, 0.6) is 0 Å². The molecule has 1 unspecified atom stereocenters. The van der Waals surface area contributed by atoms with Crippen molar-refractivity contribution in [3.63, 3.8) is 0 Å². The van der Waals surface area contributed by atoms with Crippen LogP contribution in [0.1, 0.15) is 36.9 Å². The number of rotatable bonds is 3. The molecule has 3 rings (SSSR count). The molecule has 0 aromatic carbocycles. The quantitative estimate of drug-likeness (QED) is 0.936. The maximum Gasteiger partial charge on any atom is 0.263 e. The van der Waals surface area contributed by atoms with E-state index >= 15 is 0 Å². The molecule has 3 heterocycles. The van der Waals surface area contributed by atoms with Gasteiger partial charge in [0, 0.05) is 18.5 Å². The van der Waals surface area contributed by atoms with Crippen LogP contribution in [0, 0.1) is 0 Å². The summed E-state index contributed by atoms with van der Waals surface area (Å²) in [5.41, 5.74) is -0.229. The Hall–Kier alpha value is -2.15. The molecule has 1 aliphatic heterocycles. The number of thiazole rings is 1. The highest BCUT2D eigenvalue weighted by Crippen LogP contribution is 2.26. The topological polar surface area (TPSA) is 75.4 Å². The van der Waals surface area contributed by atoms with Crippen LogP contribution in [0.2, 0.25) is 0 Å². The van der Waals surface area contributed by atoms with Gasteiger partial charge in [0.05, 0.1) is 18.5 Å². The minimum atomic E-state index is -0.229. The summed E-state index contributed by atoms with van der Waals surface area (Å²) in [6.07, 6.45) is 3.45. The molecule has 1 aliphatic rings. The van der Waals surface area contributed by atoms with Gasteiger partial charge in [-0.05, 0) is 32.9 Å². The zero-order valence-electron chi connectivity index (χ0n) is 13.3. The zero-order valence-corrected chi connectivity index (χ0v) is 14.1. The van der Waals surface area contributed by atoms with Gasteiger partial charge < -0.3 is 14.6 Å². The molecule has 1 atom stereocenters. The third-order valence-electron chi connectivity index (χ3n) is 3.73. The molecule has 0 radical (unpaired) electrons. The van der Waals surface area contributed by atoms with Crippen molar-refractivity contribution >= 4 is 23.2 Å². The van der Waals surface area contributed by atoms with Crippen LogP contribution in [-0.4, -0.2) is 39.8 Å². The second-order valence-electron chi connectivity index (χ2n) is 6.56. The zero-order chi connectivity index (χ0) is 16.6. The van der Waals surface area contributed by atoms with Crippen molar-refractivity contribution < 1.29 is 14.0 Å². The van der Waals surface area contributed by atoms with Gasteiger partial charge in [-0.25, -0.2) is 4.98 Å². The molecule has 7 heteroatoms. The molecule has 0 saturated carbocycles. The summed E-state index contributed by atoms with van der Waals surface area (Å²) in [6.45, 7) is 6.52. The molecular formula is C16H19N3O3S. The molecule has 1 saturated heterocycles. The minimum absolute atomic E-state index is 0.0726. The van der Waals surface area contributed by atoms with E-state index < -0.39 is 0 Å².